The number of rotatable bonds is 12. The van der Waals surface area contributed by atoms with Crippen molar-refractivity contribution in [2.75, 3.05) is 26.9 Å². The van der Waals surface area contributed by atoms with E-state index in [0.29, 0.717) is 51.1 Å². The van der Waals surface area contributed by atoms with Gasteiger partial charge in [-0.1, -0.05) is 65.9 Å². The predicted molar refractivity (Wildman–Crippen MR) is 173 cm³/mol. The molecule has 0 fully saturated rings. The molecule has 0 radical (unpaired) electrons. The number of thiazole rings is 1. The van der Waals surface area contributed by atoms with Crippen LogP contribution in [0, 0.1) is 0 Å². The SMILES string of the molecule is CCOC(=O)C1=C(C)N=c2s/c(=C/c3ccccc3OCc3ccccc3)c(=O)n2[C@H]1c1ccc(OCC(=O)OC)c(OCC)c1. The van der Waals surface area contributed by atoms with Gasteiger partial charge in [0.2, 0.25) is 0 Å². The number of aromatic nitrogens is 1. The number of allylic oxidation sites excluding steroid dienone is 1. The average molecular weight is 643 g/mol. The van der Waals surface area contributed by atoms with E-state index in [9.17, 15) is 14.4 Å². The fourth-order valence-corrected chi connectivity index (χ4v) is 6.03. The highest BCUT2D eigenvalue weighted by molar-refractivity contribution is 7.07. The number of hydrogen-bond acceptors (Lipinski definition) is 10. The molecule has 2 heterocycles. The first-order chi connectivity index (χ1) is 22.3. The van der Waals surface area contributed by atoms with Crippen LogP contribution in [-0.4, -0.2) is 43.4 Å². The zero-order valence-corrected chi connectivity index (χ0v) is 26.8. The fourth-order valence-electron chi connectivity index (χ4n) is 4.99. The Bertz CT molecular complexity index is 1940. The third-order valence-electron chi connectivity index (χ3n) is 7.12. The first kappa shape index (κ1) is 32.2. The Morgan fingerprint density at radius 3 is 2.41 bits per heavy atom. The Morgan fingerprint density at radius 1 is 0.913 bits per heavy atom. The summed E-state index contributed by atoms with van der Waals surface area (Å²) >= 11 is 1.22. The molecule has 0 unspecified atom stereocenters. The largest absolute Gasteiger partial charge is 0.490 e. The number of methoxy groups -OCH3 is 1. The molecule has 1 aliphatic rings. The van der Waals surface area contributed by atoms with Crippen LogP contribution in [0.1, 0.15) is 43.5 Å². The van der Waals surface area contributed by atoms with Gasteiger partial charge in [-0.2, -0.15) is 0 Å². The monoisotopic (exact) mass is 642 g/mol. The average Bonchev–Trinajstić information content (AvgIpc) is 3.37. The molecule has 0 bridgehead atoms. The van der Waals surface area contributed by atoms with Gasteiger partial charge >= 0.3 is 11.9 Å². The summed E-state index contributed by atoms with van der Waals surface area (Å²) in [5.74, 6) is 0.156. The Morgan fingerprint density at radius 2 is 1.67 bits per heavy atom. The van der Waals surface area contributed by atoms with Gasteiger partial charge in [-0.15, -0.1) is 0 Å². The molecular weight excluding hydrogens is 608 g/mol. The van der Waals surface area contributed by atoms with Crippen molar-refractivity contribution in [3.63, 3.8) is 0 Å². The molecule has 238 valence electrons. The number of benzene rings is 3. The summed E-state index contributed by atoms with van der Waals surface area (Å²) in [6.45, 7) is 5.78. The van der Waals surface area contributed by atoms with Crippen LogP contribution in [0.25, 0.3) is 6.08 Å². The molecule has 1 aromatic heterocycles. The van der Waals surface area contributed by atoms with Crippen LogP contribution in [0.15, 0.2) is 93.9 Å². The van der Waals surface area contributed by atoms with Gasteiger partial charge in [0, 0.05) is 5.56 Å². The van der Waals surface area contributed by atoms with E-state index in [0.717, 1.165) is 11.1 Å². The Hall–Kier alpha value is -5.16. The van der Waals surface area contributed by atoms with E-state index in [1.54, 1.807) is 38.1 Å². The maximum absolute atomic E-state index is 14.2. The maximum Gasteiger partial charge on any atom is 0.343 e. The second-order valence-corrected chi connectivity index (χ2v) is 11.1. The molecule has 11 heteroatoms. The highest BCUT2D eigenvalue weighted by Crippen LogP contribution is 2.36. The van der Waals surface area contributed by atoms with E-state index < -0.39 is 18.0 Å². The smallest absolute Gasteiger partial charge is 0.343 e. The van der Waals surface area contributed by atoms with Gasteiger partial charge in [-0.25, -0.2) is 14.6 Å². The van der Waals surface area contributed by atoms with Crippen molar-refractivity contribution < 1.29 is 33.3 Å². The van der Waals surface area contributed by atoms with E-state index in [4.69, 9.17) is 18.9 Å². The number of esters is 2. The molecular formula is C35H34N2O8S. The third kappa shape index (κ3) is 7.05. The van der Waals surface area contributed by atoms with Gasteiger partial charge in [0.15, 0.2) is 22.9 Å². The summed E-state index contributed by atoms with van der Waals surface area (Å²) in [6, 6.07) is 21.5. The topological polar surface area (TPSA) is 115 Å². The van der Waals surface area contributed by atoms with Crippen LogP contribution >= 0.6 is 11.3 Å². The highest BCUT2D eigenvalue weighted by atomic mass is 32.1. The van der Waals surface area contributed by atoms with Gasteiger partial charge < -0.3 is 23.7 Å². The van der Waals surface area contributed by atoms with Crippen molar-refractivity contribution in [3.05, 3.63) is 120 Å². The second-order valence-electron chi connectivity index (χ2n) is 10.1. The molecule has 0 saturated heterocycles. The van der Waals surface area contributed by atoms with E-state index in [1.165, 1.54) is 23.0 Å². The first-order valence-corrected chi connectivity index (χ1v) is 15.6. The number of carbonyl (C=O) groups is 2. The van der Waals surface area contributed by atoms with Crippen LogP contribution in [0.5, 0.6) is 17.2 Å². The molecule has 5 rings (SSSR count). The molecule has 10 nitrogen and oxygen atoms in total. The third-order valence-corrected chi connectivity index (χ3v) is 8.10. The standard InChI is InChI=1S/C35H34N2O8S/c1-5-42-28-18-25(16-17-27(28)45-21-30(38)41-4)32-31(34(40)43-6-2)22(3)36-35-37(32)33(39)29(46-35)19-24-14-10-11-15-26(24)44-20-23-12-8-7-9-13-23/h7-19,32H,5-6,20-21H2,1-4H3/b29-19+/t32-/m0/s1. The van der Waals surface area contributed by atoms with Crippen LogP contribution in [0.4, 0.5) is 0 Å². The van der Waals surface area contributed by atoms with E-state index in [-0.39, 0.29) is 24.3 Å². The Kier molecular flexibility index (Phi) is 10.3. The Labute approximate surface area is 269 Å². The minimum Gasteiger partial charge on any atom is -0.490 e. The first-order valence-electron chi connectivity index (χ1n) is 14.8. The maximum atomic E-state index is 14.2. The molecule has 3 aromatic carbocycles. The zero-order chi connectivity index (χ0) is 32.6. The van der Waals surface area contributed by atoms with Gasteiger partial charge in [-0.3, -0.25) is 9.36 Å². The van der Waals surface area contributed by atoms with Crippen molar-refractivity contribution in [2.45, 2.75) is 33.4 Å². The molecule has 0 amide bonds. The number of para-hydroxylation sites is 1. The molecule has 0 aliphatic carbocycles. The van der Waals surface area contributed by atoms with Crippen LogP contribution in [0.2, 0.25) is 0 Å². The van der Waals surface area contributed by atoms with Gasteiger partial charge in [0.1, 0.15) is 12.4 Å². The van der Waals surface area contributed by atoms with Crippen molar-refractivity contribution in [3.8, 4) is 17.2 Å². The molecule has 1 atom stereocenters. The summed E-state index contributed by atoms with van der Waals surface area (Å²) in [5, 5.41) is 0. The minimum atomic E-state index is -0.865. The summed E-state index contributed by atoms with van der Waals surface area (Å²) in [6.07, 6.45) is 1.78. The molecule has 0 spiro atoms. The fraction of sp³-hybridized carbons (Fsp3) is 0.257. The molecule has 46 heavy (non-hydrogen) atoms. The van der Waals surface area contributed by atoms with Crippen LogP contribution in [-0.2, 0) is 25.7 Å². The predicted octanol–water partition coefficient (Wildman–Crippen LogP) is 4.33. The number of nitrogens with zero attached hydrogens (tertiary/aromatic N) is 2. The summed E-state index contributed by atoms with van der Waals surface area (Å²) in [5.41, 5.74) is 2.67. The second kappa shape index (κ2) is 14.7. The van der Waals surface area contributed by atoms with Gasteiger partial charge in [0.05, 0.1) is 42.2 Å². The van der Waals surface area contributed by atoms with Crippen LogP contribution < -0.4 is 29.1 Å². The van der Waals surface area contributed by atoms with Crippen molar-refractivity contribution in [1.29, 1.82) is 0 Å². The zero-order valence-electron chi connectivity index (χ0n) is 26.0. The molecule has 0 saturated carbocycles. The lowest BCUT2D eigenvalue weighted by atomic mass is 9.95. The lowest BCUT2D eigenvalue weighted by Gasteiger charge is -2.25. The lowest BCUT2D eigenvalue weighted by Crippen LogP contribution is -2.40. The number of hydrogen-bond donors (Lipinski definition) is 0. The molecule has 4 aromatic rings. The lowest BCUT2D eigenvalue weighted by molar-refractivity contribution is -0.143. The number of fused-ring (bicyclic) bond motifs is 1. The van der Waals surface area contributed by atoms with Crippen LogP contribution in [0.3, 0.4) is 0 Å². The quantitative estimate of drug-likeness (QED) is 0.210. The van der Waals surface area contributed by atoms with Crippen molar-refractivity contribution in [2.24, 2.45) is 4.99 Å². The van der Waals surface area contributed by atoms with Crippen molar-refractivity contribution in [1.82, 2.24) is 4.57 Å². The van der Waals surface area contributed by atoms with Gasteiger partial charge in [-0.05, 0) is 56.2 Å². The van der Waals surface area contributed by atoms with Gasteiger partial charge in [0.25, 0.3) is 5.56 Å². The van der Waals surface area contributed by atoms with E-state index >= 15 is 0 Å². The summed E-state index contributed by atoms with van der Waals surface area (Å²) < 4.78 is 29.6. The summed E-state index contributed by atoms with van der Waals surface area (Å²) in [7, 11) is 1.27. The number of ether oxygens (including phenoxy) is 5. The van der Waals surface area contributed by atoms with E-state index in [2.05, 4.69) is 9.73 Å². The minimum absolute atomic E-state index is 0.150. The highest BCUT2D eigenvalue weighted by Gasteiger charge is 2.34. The molecule has 0 N–H and O–H groups in total. The Balaban J connectivity index is 1.61. The summed E-state index contributed by atoms with van der Waals surface area (Å²) in [4.78, 5) is 44.3. The normalized spacial score (nSPS) is 14.3. The van der Waals surface area contributed by atoms with Crippen molar-refractivity contribution >= 4 is 29.4 Å². The van der Waals surface area contributed by atoms with E-state index in [1.807, 2.05) is 61.5 Å². The number of carbonyl (C=O) groups excluding carboxylic acids is 2. The molecule has 1 aliphatic heterocycles.